The standard InChI is InChI=1S/C20H26N4O3/c25-20(21-17-6-2-1-3-7-17)24-11-4-5-16(13-24)19-22-18(23-27-19)10-12-26-14-15-8-9-15/h1-3,6-7,15-16H,4-5,8-14H2,(H,21,25). The molecule has 1 aromatic carbocycles. The van der Waals surface area contributed by atoms with Gasteiger partial charge in [-0.3, -0.25) is 0 Å². The lowest BCUT2D eigenvalue weighted by Gasteiger charge is -2.31. The largest absolute Gasteiger partial charge is 0.381 e. The molecule has 1 saturated heterocycles. The number of anilines is 1. The van der Waals surface area contributed by atoms with Gasteiger partial charge in [0.1, 0.15) is 0 Å². The van der Waals surface area contributed by atoms with E-state index >= 15 is 0 Å². The van der Waals surface area contributed by atoms with Crippen LogP contribution in [0.1, 0.15) is 43.3 Å². The van der Waals surface area contributed by atoms with E-state index in [9.17, 15) is 4.79 Å². The lowest BCUT2D eigenvalue weighted by Crippen LogP contribution is -2.41. The molecule has 0 bridgehead atoms. The van der Waals surface area contributed by atoms with Crippen LogP contribution < -0.4 is 5.32 Å². The van der Waals surface area contributed by atoms with Crippen molar-refractivity contribution < 1.29 is 14.1 Å². The molecule has 1 aliphatic carbocycles. The van der Waals surface area contributed by atoms with Crippen LogP contribution in [0.2, 0.25) is 0 Å². The number of amides is 2. The van der Waals surface area contributed by atoms with Crippen molar-refractivity contribution in [2.45, 2.75) is 38.0 Å². The molecule has 7 nitrogen and oxygen atoms in total. The fourth-order valence-corrected chi connectivity index (χ4v) is 3.32. The lowest BCUT2D eigenvalue weighted by atomic mass is 9.98. The molecule has 1 N–H and O–H groups in total. The molecule has 1 aromatic heterocycles. The van der Waals surface area contributed by atoms with Crippen LogP contribution in [0.3, 0.4) is 0 Å². The third kappa shape index (κ3) is 5.07. The predicted octanol–water partition coefficient (Wildman–Crippen LogP) is 3.45. The number of carbonyl (C=O) groups is 1. The van der Waals surface area contributed by atoms with E-state index in [2.05, 4.69) is 15.5 Å². The summed E-state index contributed by atoms with van der Waals surface area (Å²) in [6.45, 7) is 2.81. The molecule has 2 amide bonds. The van der Waals surface area contributed by atoms with Crippen LogP contribution in [-0.4, -0.2) is 47.4 Å². The first-order valence-corrected chi connectivity index (χ1v) is 9.79. The second kappa shape index (κ2) is 8.52. The maximum Gasteiger partial charge on any atom is 0.321 e. The zero-order chi connectivity index (χ0) is 18.5. The van der Waals surface area contributed by atoms with Crippen molar-refractivity contribution in [2.75, 3.05) is 31.6 Å². The molecule has 7 heteroatoms. The Kier molecular flexibility index (Phi) is 5.67. The summed E-state index contributed by atoms with van der Waals surface area (Å²) >= 11 is 0. The first kappa shape index (κ1) is 18.0. The molecule has 27 heavy (non-hydrogen) atoms. The van der Waals surface area contributed by atoms with Crippen molar-refractivity contribution >= 4 is 11.7 Å². The number of rotatable bonds is 7. The minimum Gasteiger partial charge on any atom is -0.381 e. The molecule has 1 unspecified atom stereocenters. The smallest absolute Gasteiger partial charge is 0.321 e. The highest BCUT2D eigenvalue weighted by Crippen LogP contribution is 2.29. The number of benzene rings is 1. The van der Waals surface area contributed by atoms with E-state index in [0.717, 1.165) is 37.6 Å². The van der Waals surface area contributed by atoms with Gasteiger partial charge in [-0.05, 0) is 43.7 Å². The molecule has 2 heterocycles. The minimum atomic E-state index is -0.0842. The van der Waals surface area contributed by atoms with Gasteiger partial charge in [0, 0.05) is 31.8 Å². The number of piperidine rings is 1. The van der Waals surface area contributed by atoms with Crippen LogP contribution in [-0.2, 0) is 11.2 Å². The number of hydrogen-bond acceptors (Lipinski definition) is 5. The Labute approximate surface area is 159 Å². The predicted molar refractivity (Wildman–Crippen MR) is 101 cm³/mol. The van der Waals surface area contributed by atoms with Gasteiger partial charge in [0.25, 0.3) is 0 Å². The number of carbonyl (C=O) groups excluding carboxylic acids is 1. The zero-order valence-corrected chi connectivity index (χ0v) is 15.5. The molecule has 1 atom stereocenters. The van der Waals surface area contributed by atoms with Crippen molar-refractivity contribution in [3.8, 4) is 0 Å². The summed E-state index contributed by atoms with van der Waals surface area (Å²) in [5.41, 5.74) is 0.802. The van der Waals surface area contributed by atoms with E-state index in [1.807, 2.05) is 35.2 Å². The van der Waals surface area contributed by atoms with Crippen molar-refractivity contribution in [1.82, 2.24) is 15.0 Å². The number of likely N-dealkylation sites (tertiary alicyclic amines) is 1. The molecule has 1 saturated carbocycles. The van der Waals surface area contributed by atoms with Crippen LogP contribution in [0.15, 0.2) is 34.9 Å². The summed E-state index contributed by atoms with van der Waals surface area (Å²) in [6.07, 6.45) is 5.13. The fourth-order valence-electron chi connectivity index (χ4n) is 3.32. The van der Waals surface area contributed by atoms with E-state index in [-0.39, 0.29) is 11.9 Å². The van der Waals surface area contributed by atoms with Gasteiger partial charge in [0.15, 0.2) is 5.82 Å². The Morgan fingerprint density at radius 1 is 1.26 bits per heavy atom. The van der Waals surface area contributed by atoms with Gasteiger partial charge < -0.3 is 19.5 Å². The molecular formula is C20H26N4O3. The summed E-state index contributed by atoms with van der Waals surface area (Å²) in [5, 5.41) is 7.02. The summed E-state index contributed by atoms with van der Waals surface area (Å²) in [6, 6.07) is 9.42. The van der Waals surface area contributed by atoms with Crippen molar-refractivity contribution in [1.29, 1.82) is 0 Å². The lowest BCUT2D eigenvalue weighted by molar-refractivity contribution is 0.125. The van der Waals surface area contributed by atoms with Crippen molar-refractivity contribution in [3.05, 3.63) is 42.0 Å². The van der Waals surface area contributed by atoms with E-state index in [1.165, 1.54) is 12.8 Å². The summed E-state index contributed by atoms with van der Waals surface area (Å²) in [4.78, 5) is 18.9. The van der Waals surface area contributed by atoms with E-state index in [4.69, 9.17) is 9.26 Å². The van der Waals surface area contributed by atoms with E-state index in [0.29, 0.717) is 31.3 Å². The minimum absolute atomic E-state index is 0.0842. The molecular weight excluding hydrogens is 344 g/mol. The monoisotopic (exact) mass is 370 g/mol. The van der Waals surface area contributed by atoms with Crippen molar-refractivity contribution in [2.24, 2.45) is 5.92 Å². The molecule has 0 spiro atoms. The summed E-state index contributed by atoms with van der Waals surface area (Å²) in [7, 11) is 0. The van der Waals surface area contributed by atoms with Crippen LogP contribution in [0.4, 0.5) is 10.5 Å². The third-order valence-electron chi connectivity index (χ3n) is 5.09. The molecule has 1 aliphatic heterocycles. The Balaban J connectivity index is 1.28. The zero-order valence-electron chi connectivity index (χ0n) is 15.5. The van der Waals surface area contributed by atoms with Gasteiger partial charge >= 0.3 is 6.03 Å². The number of nitrogens with one attached hydrogen (secondary N) is 1. The Hall–Kier alpha value is -2.41. The number of aromatic nitrogens is 2. The number of hydrogen-bond donors (Lipinski definition) is 1. The quantitative estimate of drug-likeness (QED) is 0.755. The SMILES string of the molecule is O=C(Nc1ccccc1)N1CCCC(c2nc(CCOCC3CC3)no2)C1. The first-order chi connectivity index (χ1) is 13.3. The highest BCUT2D eigenvalue weighted by molar-refractivity contribution is 5.89. The average molecular weight is 370 g/mol. The van der Waals surface area contributed by atoms with Gasteiger partial charge in [-0.15, -0.1) is 0 Å². The molecule has 0 radical (unpaired) electrons. The number of urea groups is 1. The normalized spacial score (nSPS) is 19.9. The van der Waals surface area contributed by atoms with Gasteiger partial charge in [0.05, 0.1) is 12.5 Å². The number of ether oxygens (including phenoxy) is 1. The second-order valence-electron chi connectivity index (χ2n) is 7.40. The number of para-hydroxylation sites is 1. The van der Waals surface area contributed by atoms with E-state index in [1.54, 1.807) is 0 Å². The number of nitrogens with zero attached hydrogens (tertiary/aromatic N) is 3. The first-order valence-electron chi connectivity index (χ1n) is 9.79. The Morgan fingerprint density at radius 3 is 2.93 bits per heavy atom. The van der Waals surface area contributed by atoms with Gasteiger partial charge in [0.2, 0.25) is 5.89 Å². The van der Waals surface area contributed by atoms with Gasteiger partial charge in [-0.2, -0.15) is 4.98 Å². The maximum atomic E-state index is 12.5. The Morgan fingerprint density at radius 2 is 2.11 bits per heavy atom. The highest BCUT2D eigenvalue weighted by Gasteiger charge is 2.28. The molecule has 2 aliphatic rings. The van der Waals surface area contributed by atoms with Crippen LogP contribution >= 0.6 is 0 Å². The molecule has 2 aromatic rings. The second-order valence-corrected chi connectivity index (χ2v) is 7.40. The molecule has 2 fully saturated rings. The summed E-state index contributed by atoms with van der Waals surface area (Å²) in [5.74, 6) is 2.17. The fraction of sp³-hybridized carbons (Fsp3) is 0.550. The van der Waals surface area contributed by atoms with Crippen LogP contribution in [0.25, 0.3) is 0 Å². The topological polar surface area (TPSA) is 80.5 Å². The molecule has 4 rings (SSSR count). The highest BCUT2D eigenvalue weighted by atomic mass is 16.5. The Bertz CT molecular complexity index is 745. The van der Waals surface area contributed by atoms with Gasteiger partial charge in [-0.25, -0.2) is 4.79 Å². The van der Waals surface area contributed by atoms with E-state index < -0.39 is 0 Å². The van der Waals surface area contributed by atoms with Crippen LogP contribution in [0.5, 0.6) is 0 Å². The van der Waals surface area contributed by atoms with Crippen molar-refractivity contribution in [3.63, 3.8) is 0 Å². The maximum absolute atomic E-state index is 12.5. The average Bonchev–Trinajstić information content (AvgIpc) is 3.41. The third-order valence-corrected chi connectivity index (χ3v) is 5.09. The summed E-state index contributed by atoms with van der Waals surface area (Å²) < 4.78 is 11.1. The van der Waals surface area contributed by atoms with Gasteiger partial charge in [-0.1, -0.05) is 23.4 Å². The van der Waals surface area contributed by atoms with Crippen LogP contribution in [0, 0.1) is 5.92 Å². The molecule has 144 valence electrons.